The molecule has 35 heavy (non-hydrogen) atoms. The molecule has 2 aromatic rings. The fourth-order valence-electron chi connectivity index (χ4n) is 2.56. The number of nitrogens with zero attached hydrogens (tertiary/aromatic N) is 1. The molecule has 0 aromatic heterocycles. The van der Waals surface area contributed by atoms with Crippen molar-refractivity contribution in [3.63, 3.8) is 0 Å². The number of aliphatic imine (C=N–C) groups is 1. The number of anilines is 1. The van der Waals surface area contributed by atoms with Crippen LogP contribution in [0.5, 0.6) is 0 Å². The Balaban J connectivity index is 0. The van der Waals surface area contributed by atoms with Gasteiger partial charge in [0.1, 0.15) is 18.5 Å². The number of nitrogens with one attached hydrogen (secondary N) is 1. The highest BCUT2D eigenvalue weighted by Crippen LogP contribution is 2.22. The van der Waals surface area contributed by atoms with E-state index in [0.717, 1.165) is 24.6 Å². The van der Waals surface area contributed by atoms with Gasteiger partial charge in [0, 0.05) is 23.7 Å². The Morgan fingerprint density at radius 1 is 1.17 bits per heavy atom. The number of hydrogen-bond acceptors (Lipinski definition) is 5. The molecule has 0 aliphatic heterocycles. The van der Waals surface area contributed by atoms with Gasteiger partial charge in [0.05, 0.1) is 0 Å². The van der Waals surface area contributed by atoms with Crippen LogP contribution in [0.4, 0.5) is 5.69 Å². The predicted molar refractivity (Wildman–Crippen MR) is 152 cm³/mol. The summed E-state index contributed by atoms with van der Waals surface area (Å²) in [5.41, 5.74) is 26.2. The first-order chi connectivity index (χ1) is 16.9. The van der Waals surface area contributed by atoms with E-state index in [0.29, 0.717) is 24.1 Å². The number of aryl methyl sites for hydroxylation is 1. The zero-order valence-corrected chi connectivity index (χ0v) is 21.2. The Labute approximate surface area is 210 Å². The van der Waals surface area contributed by atoms with E-state index in [4.69, 9.17) is 28.3 Å². The first-order valence-electron chi connectivity index (χ1n) is 11.5. The molecule has 9 N–H and O–H groups in total. The molecule has 0 aliphatic carbocycles. The third-order valence-corrected chi connectivity index (χ3v) is 4.23. The number of hydrogen-bond donors (Lipinski definition) is 5. The Bertz CT molecular complexity index is 920. The van der Waals surface area contributed by atoms with Crippen molar-refractivity contribution < 1.29 is 4.79 Å². The first kappa shape index (κ1) is 33.2. The fourth-order valence-corrected chi connectivity index (χ4v) is 2.56. The second-order valence-corrected chi connectivity index (χ2v) is 6.71. The molecule has 0 saturated heterocycles. The molecule has 2 rings (SSSR count). The molecular weight excluding hydrogens is 436 g/mol. The minimum atomic E-state index is -0.252. The number of amidine groups is 1. The lowest BCUT2D eigenvalue weighted by atomic mass is 9.99. The van der Waals surface area contributed by atoms with Crippen molar-refractivity contribution in [3.8, 4) is 0 Å². The Hall–Kier alpha value is -3.97. The van der Waals surface area contributed by atoms with E-state index in [9.17, 15) is 4.79 Å². The predicted octanol–water partition coefficient (Wildman–Crippen LogP) is 5.04. The largest absolute Gasteiger partial charge is 0.405 e. The molecule has 2 aromatic carbocycles. The number of carbonyl (C=O) groups excluding carboxylic acids is 1. The monoisotopic (exact) mass is 478 g/mol. The molecule has 1 unspecified atom stereocenters. The minimum Gasteiger partial charge on any atom is -0.405 e. The van der Waals surface area contributed by atoms with Crippen molar-refractivity contribution in [2.24, 2.45) is 22.2 Å². The lowest BCUT2D eigenvalue weighted by molar-refractivity contribution is -0.107. The van der Waals surface area contributed by atoms with Gasteiger partial charge in [-0.05, 0) is 55.3 Å². The Morgan fingerprint density at radius 2 is 1.83 bits per heavy atom. The number of carbonyl (C=O) groups is 1. The summed E-state index contributed by atoms with van der Waals surface area (Å²) < 4.78 is 0. The molecule has 7 heteroatoms. The van der Waals surface area contributed by atoms with Gasteiger partial charge in [0.25, 0.3) is 0 Å². The summed E-state index contributed by atoms with van der Waals surface area (Å²) in [4.78, 5) is 13.7. The molecule has 0 amide bonds. The summed E-state index contributed by atoms with van der Waals surface area (Å²) in [6.07, 6.45) is 12.7. The Kier molecular flexibility index (Phi) is 22.0. The van der Waals surface area contributed by atoms with Crippen LogP contribution >= 0.6 is 0 Å². The average molecular weight is 479 g/mol. The molecule has 0 radical (unpaired) electrons. The van der Waals surface area contributed by atoms with Crippen LogP contribution in [-0.4, -0.2) is 18.5 Å². The quantitative estimate of drug-likeness (QED) is 0.112. The van der Waals surface area contributed by atoms with Crippen LogP contribution in [0, 0.1) is 5.41 Å². The van der Waals surface area contributed by atoms with Gasteiger partial charge >= 0.3 is 0 Å². The number of aldehydes is 1. The maximum absolute atomic E-state index is 9.98. The molecule has 0 saturated carbocycles. The number of allylic oxidation sites excluding steroid dienone is 3. The van der Waals surface area contributed by atoms with Crippen LogP contribution in [0.1, 0.15) is 56.3 Å². The van der Waals surface area contributed by atoms with Crippen LogP contribution in [0.3, 0.4) is 0 Å². The van der Waals surface area contributed by atoms with E-state index in [1.54, 1.807) is 30.4 Å². The van der Waals surface area contributed by atoms with Crippen molar-refractivity contribution in [1.29, 1.82) is 5.41 Å². The second-order valence-electron chi connectivity index (χ2n) is 6.71. The zero-order chi connectivity index (χ0) is 26.9. The highest BCUT2D eigenvalue weighted by atomic mass is 16.1. The van der Waals surface area contributed by atoms with Crippen molar-refractivity contribution in [3.05, 3.63) is 102 Å². The van der Waals surface area contributed by atoms with E-state index in [2.05, 4.69) is 11.6 Å². The molecule has 0 bridgehead atoms. The molecule has 190 valence electrons. The van der Waals surface area contributed by atoms with E-state index < -0.39 is 0 Å². The lowest BCUT2D eigenvalue weighted by Gasteiger charge is -2.14. The molecule has 0 aliphatic rings. The van der Waals surface area contributed by atoms with Gasteiger partial charge in [0.2, 0.25) is 0 Å². The highest BCUT2D eigenvalue weighted by Gasteiger charge is 2.10. The minimum absolute atomic E-state index is 0.252. The van der Waals surface area contributed by atoms with Crippen molar-refractivity contribution in [2.75, 3.05) is 5.73 Å². The third-order valence-electron chi connectivity index (χ3n) is 4.23. The van der Waals surface area contributed by atoms with E-state index in [1.165, 1.54) is 11.8 Å². The van der Waals surface area contributed by atoms with Gasteiger partial charge < -0.3 is 27.7 Å². The molecule has 1 atom stereocenters. The van der Waals surface area contributed by atoms with Gasteiger partial charge in [-0.15, -0.1) is 0 Å². The molecule has 0 heterocycles. The van der Waals surface area contributed by atoms with E-state index >= 15 is 0 Å². The molecule has 0 fully saturated rings. The van der Waals surface area contributed by atoms with Gasteiger partial charge in [0.15, 0.2) is 0 Å². The van der Waals surface area contributed by atoms with Crippen LogP contribution in [0.25, 0.3) is 0 Å². The van der Waals surface area contributed by atoms with Crippen LogP contribution in [-0.2, 0) is 11.2 Å². The van der Waals surface area contributed by atoms with Crippen LogP contribution in [0.2, 0.25) is 0 Å². The summed E-state index contributed by atoms with van der Waals surface area (Å²) in [5.74, 6) is 0.257. The van der Waals surface area contributed by atoms with Crippen molar-refractivity contribution in [1.82, 2.24) is 0 Å². The van der Waals surface area contributed by atoms with Gasteiger partial charge in [-0.1, -0.05) is 75.1 Å². The third kappa shape index (κ3) is 16.3. The Morgan fingerprint density at radius 3 is 2.31 bits per heavy atom. The smallest absolute Gasteiger partial charge is 0.132 e. The summed E-state index contributed by atoms with van der Waals surface area (Å²) >= 11 is 0. The number of rotatable bonds is 9. The lowest BCUT2D eigenvalue weighted by Crippen LogP contribution is -2.17. The summed E-state index contributed by atoms with van der Waals surface area (Å²) in [5, 5.41) is 6.89. The topological polar surface area (TPSA) is 157 Å². The number of nitrogens with two attached hydrogens (primary N) is 4. The zero-order valence-electron chi connectivity index (χ0n) is 21.2. The van der Waals surface area contributed by atoms with Crippen molar-refractivity contribution in [2.45, 2.75) is 46.1 Å². The summed E-state index contributed by atoms with van der Waals surface area (Å²) in [7, 11) is 0. The summed E-state index contributed by atoms with van der Waals surface area (Å²) in [6.45, 7) is 9.42. The van der Waals surface area contributed by atoms with Crippen LogP contribution in [0.15, 0.2) is 90.6 Å². The van der Waals surface area contributed by atoms with Gasteiger partial charge in [-0.2, -0.15) is 0 Å². The molecular formula is C28H42N6O. The summed E-state index contributed by atoms with van der Waals surface area (Å²) in [6, 6.07) is 15.0. The highest BCUT2D eigenvalue weighted by molar-refractivity contribution is 6.01. The SMILES string of the molecule is C=C/C=C\C.CC.N=CN=C(N)c1ccc(N)c(C(N)C/C=C/N)c1.O=CCCc1ccccc1. The standard InChI is InChI=1S/C12H18N6.C9H10O.C5H8.C2H6/c13-5-1-2-10(15)9-6-8(3-4-11(9)16)12(17)18-7-14;10-8-4-7-9-5-2-1-3-6-9;1-3-5-4-2;1-2/h1,3-7,10H,2,13,15-16H2,(H3,14,17,18);1-3,5-6,8H,4,7H2;3-5H,1H2,2H3;1-2H3/b5-1+;;5-4-;. The first-order valence-corrected chi connectivity index (χ1v) is 11.5. The maximum atomic E-state index is 9.98. The maximum Gasteiger partial charge on any atom is 0.132 e. The number of benzene rings is 2. The average Bonchev–Trinajstić information content (AvgIpc) is 2.89. The van der Waals surface area contributed by atoms with E-state index in [-0.39, 0.29) is 11.9 Å². The van der Waals surface area contributed by atoms with Crippen LogP contribution < -0.4 is 22.9 Å². The molecule has 7 nitrogen and oxygen atoms in total. The second kappa shape index (κ2) is 23.2. The number of nitrogen functional groups attached to an aromatic ring is 1. The van der Waals surface area contributed by atoms with Gasteiger partial charge in [-0.25, -0.2) is 4.99 Å². The normalized spacial score (nSPS) is 11.1. The van der Waals surface area contributed by atoms with Crippen molar-refractivity contribution >= 4 is 24.1 Å². The molecule has 0 spiro atoms. The fraction of sp³-hybridized carbons (Fsp3) is 0.250. The van der Waals surface area contributed by atoms with Gasteiger partial charge in [-0.3, -0.25) is 5.41 Å². The van der Waals surface area contributed by atoms with E-state index in [1.807, 2.05) is 63.3 Å².